The largest absolute Gasteiger partial charge is 0.368 e. The van der Waals surface area contributed by atoms with E-state index in [0.29, 0.717) is 6.04 Å². The SMILES string of the molecule is CNC1CCCCN(c2cnccc2Cl)C1. The number of anilines is 1. The zero-order chi connectivity index (χ0) is 11.4. The molecule has 1 aliphatic heterocycles. The lowest BCUT2D eigenvalue weighted by atomic mass is 10.1. The minimum Gasteiger partial charge on any atom is -0.368 e. The Bertz CT molecular complexity index is 343. The molecule has 1 atom stereocenters. The first-order valence-corrected chi connectivity index (χ1v) is 6.21. The van der Waals surface area contributed by atoms with E-state index in [1.54, 1.807) is 6.20 Å². The number of nitrogens with zero attached hydrogens (tertiary/aromatic N) is 2. The summed E-state index contributed by atoms with van der Waals surface area (Å²) in [4.78, 5) is 6.49. The molecule has 0 aromatic carbocycles. The minimum atomic E-state index is 0.554. The number of hydrogen-bond acceptors (Lipinski definition) is 3. The van der Waals surface area contributed by atoms with Gasteiger partial charge in [-0.25, -0.2) is 0 Å². The summed E-state index contributed by atoms with van der Waals surface area (Å²) in [6.07, 6.45) is 7.34. The van der Waals surface area contributed by atoms with Gasteiger partial charge in [-0.15, -0.1) is 0 Å². The monoisotopic (exact) mass is 239 g/mol. The molecule has 0 aliphatic carbocycles. The van der Waals surface area contributed by atoms with Crippen molar-refractivity contribution in [2.24, 2.45) is 0 Å². The highest BCUT2D eigenvalue weighted by molar-refractivity contribution is 6.33. The maximum atomic E-state index is 6.20. The molecule has 1 saturated heterocycles. The third-order valence-electron chi connectivity index (χ3n) is 3.17. The molecule has 2 rings (SSSR count). The average molecular weight is 240 g/mol. The van der Waals surface area contributed by atoms with E-state index in [9.17, 15) is 0 Å². The Balaban J connectivity index is 2.16. The second-order valence-corrected chi connectivity index (χ2v) is 4.66. The molecule has 1 aliphatic rings. The number of rotatable bonds is 2. The Morgan fingerprint density at radius 3 is 3.12 bits per heavy atom. The highest BCUT2D eigenvalue weighted by Crippen LogP contribution is 2.26. The van der Waals surface area contributed by atoms with Crippen LogP contribution in [0.4, 0.5) is 5.69 Å². The summed E-state index contributed by atoms with van der Waals surface area (Å²) in [6.45, 7) is 2.09. The number of nitrogens with one attached hydrogen (secondary N) is 1. The molecule has 0 amide bonds. The molecule has 1 aromatic rings. The van der Waals surface area contributed by atoms with Gasteiger partial charge in [0.2, 0.25) is 0 Å². The molecule has 0 radical (unpaired) electrons. The summed E-state index contributed by atoms with van der Waals surface area (Å²) in [5, 5.41) is 4.16. The van der Waals surface area contributed by atoms with Gasteiger partial charge in [0.05, 0.1) is 16.9 Å². The predicted octanol–water partition coefficient (Wildman–Crippen LogP) is 2.31. The van der Waals surface area contributed by atoms with Crippen molar-refractivity contribution in [3.8, 4) is 0 Å². The molecule has 1 fully saturated rings. The van der Waals surface area contributed by atoms with Crippen molar-refractivity contribution in [1.29, 1.82) is 0 Å². The van der Waals surface area contributed by atoms with Gasteiger partial charge in [0.1, 0.15) is 0 Å². The smallest absolute Gasteiger partial charge is 0.0742 e. The van der Waals surface area contributed by atoms with Crippen molar-refractivity contribution in [3.63, 3.8) is 0 Å². The lowest BCUT2D eigenvalue weighted by molar-refractivity contribution is 0.532. The van der Waals surface area contributed by atoms with Gasteiger partial charge in [-0.2, -0.15) is 0 Å². The second kappa shape index (κ2) is 5.51. The highest BCUT2D eigenvalue weighted by Gasteiger charge is 2.18. The van der Waals surface area contributed by atoms with Crippen LogP contribution in [0.3, 0.4) is 0 Å². The number of hydrogen-bond donors (Lipinski definition) is 1. The van der Waals surface area contributed by atoms with Crippen molar-refractivity contribution in [2.45, 2.75) is 25.3 Å². The third-order valence-corrected chi connectivity index (χ3v) is 3.49. The van der Waals surface area contributed by atoms with E-state index in [1.165, 1.54) is 19.3 Å². The van der Waals surface area contributed by atoms with Crippen molar-refractivity contribution in [1.82, 2.24) is 10.3 Å². The van der Waals surface area contributed by atoms with Gasteiger partial charge < -0.3 is 10.2 Å². The molecule has 16 heavy (non-hydrogen) atoms. The van der Waals surface area contributed by atoms with Gasteiger partial charge >= 0.3 is 0 Å². The van der Waals surface area contributed by atoms with Crippen LogP contribution in [0.1, 0.15) is 19.3 Å². The number of halogens is 1. The number of pyridine rings is 1. The Hall–Kier alpha value is -0.800. The zero-order valence-electron chi connectivity index (χ0n) is 9.62. The summed E-state index contributed by atoms with van der Waals surface area (Å²) in [7, 11) is 2.03. The maximum absolute atomic E-state index is 6.20. The first-order chi connectivity index (χ1) is 7.81. The predicted molar refractivity (Wildman–Crippen MR) is 68.2 cm³/mol. The molecule has 0 spiro atoms. The topological polar surface area (TPSA) is 28.2 Å². The second-order valence-electron chi connectivity index (χ2n) is 4.25. The first kappa shape index (κ1) is 11.7. The first-order valence-electron chi connectivity index (χ1n) is 5.83. The van der Waals surface area contributed by atoms with Gasteiger partial charge in [-0.1, -0.05) is 18.0 Å². The van der Waals surface area contributed by atoms with E-state index in [0.717, 1.165) is 23.8 Å². The van der Waals surface area contributed by atoms with E-state index < -0.39 is 0 Å². The Kier molecular flexibility index (Phi) is 4.02. The normalized spacial score (nSPS) is 21.9. The Labute approximate surface area is 102 Å². The molecule has 1 unspecified atom stereocenters. The fourth-order valence-electron chi connectivity index (χ4n) is 2.20. The fourth-order valence-corrected chi connectivity index (χ4v) is 2.42. The summed E-state index contributed by atoms with van der Waals surface area (Å²) in [6, 6.07) is 2.41. The van der Waals surface area contributed by atoms with E-state index >= 15 is 0 Å². The van der Waals surface area contributed by atoms with Crippen LogP contribution in [-0.4, -0.2) is 31.2 Å². The zero-order valence-corrected chi connectivity index (χ0v) is 10.4. The molecule has 0 saturated carbocycles. The van der Waals surface area contributed by atoms with Crippen LogP contribution in [0, 0.1) is 0 Å². The average Bonchev–Trinajstić information content (AvgIpc) is 2.55. The Morgan fingerprint density at radius 1 is 1.50 bits per heavy atom. The summed E-state index contributed by atoms with van der Waals surface area (Å²) in [5.41, 5.74) is 1.06. The van der Waals surface area contributed by atoms with Crippen LogP contribution in [0.25, 0.3) is 0 Å². The van der Waals surface area contributed by atoms with Crippen molar-refractivity contribution in [3.05, 3.63) is 23.5 Å². The molecule has 2 heterocycles. The Morgan fingerprint density at radius 2 is 2.38 bits per heavy atom. The van der Waals surface area contributed by atoms with E-state index in [4.69, 9.17) is 11.6 Å². The third kappa shape index (κ3) is 2.66. The van der Waals surface area contributed by atoms with Gasteiger partial charge in [0.25, 0.3) is 0 Å². The van der Waals surface area contributed by atoms with Crippen molar-refractivity contribution < 1.29 is 0 Å². The van der Waals surface area contributed by atoms with Gasteiger partial charge in [0, 0.05) is 25.3 Å². The fraction of sp³-hybridized carbons (Fsp3) is 0.583. The molecule has 0 bridgehead atoms. The van der Waals surface area contributed by atoms with E-state index in [2.05, 4.69) is 15.2 Å². The lowest BCUT2D eigenvalue weighted by Gasteiger charge is -2.26. The quantitative estimate of drug-likeness (QED) is 0.859. The number of likely N-dealkylation sites (N-methyl/N-ethyl adjacent to an activating group) is 1. The molecule has 1 aromatic heterocycles. The number of aromatic nitrogens is 1. The van der Waals surface area contributed by atoms with Crippen molar-refractivity contribution in [2.75, 3.05) is 25.0 Å². The molecule has 3 nitrogen and oxygen atoms in total. The van der Waals surface area contributed by atoms with Crippen molar-refractivity contribution >= 4 is 17.3 Å². The van der Waals surface area contributed by atoms with E-state index in [-0.39, 0.29) is 0 Å². The molecular formula is C12H18ClN3. The molecule has 88 valence electrons. The molecular weight excluding hydrogens is 222 g/mol. The lowest BCUT2D eigenvalue weighted by Crippen LogP contribution is -2.38. The summed E-state index contributed by atoms with van der Waals surface area (Å²) < 4.78 is 0. The van der Waals surface area contributed by atoms with Gasteiger partial charge in [-0.3, -0.25) is 4.98 Å². The van der Waals surface area contributed by atoms with Crippen LogP contribution < -0.4 is 10.2 Å². The van der Waals surface area contributed by atoms with Gasteiger partial charge in [-0.05, 0) is 26.0 Å². The summed E-state index contributed by atoms with van der Waals surface area (Å²) >= 11 is 6.20. The highest BCUT2D eigenvalue weighted by atomic mass is 35.5. The van der Waals surface area contributed by atoms with E-state index in [1.807, 2.05) is 19.3 Å². The standard InChI is InChI=1S/C12H18ClN3/c1-14-10-4-2-3-7-16(9-10)12-8-15-6-5-11(12)13/h5-6,8,10,14H,2-4,7,9H2,1H3. The van der Waals surface area contributed by atoms with Crippen LogP contribution in [0.5, 0.6) is 0 Å². The molecule has 1 N–H and O–H groups in total. The minimum absolute atomic E-state index is 0.554. The van der Waals surface area contributed by atoms with Crippen LogP contribution >= 0.6 is 11.6 Å². The van der Waals surface area contributed by atoms with Gasteiger partial charge in [0.15, 0.2) is 0 Å². The molecule has 4 heteroatoms. The van der Waals surface area contributed by atoms with Crippen LogP contribution in [0.2, 0.25) is 5.02 Å². The van der Waals surface area contributed by atoms with Crippen LogP contribution in [-0.2, 0) is 0 Å². The summed E-state index contributed by atoms with van der Waals surface area (Å²) in [5.74, 6) is 0. The van der Waals surface area contributed by atoms with Crippen LogP contribution in [0.15, 0.2) is 18.5 Å². The maximum Gasteiger partial charge on any atom is 0.0742 e.